The number of hydrogen-bond donors (Lipinski definition) is 0. The van der Waals surface area contributed by atoms with Gasteiger partial charge in [-0.2, -0.15) is 0 Å². The molecule has 3 heterocycles. The van der Waals surface area contributed by atoms with Gasteiger partial charge in [-0.05, 0) is 49.2 Å². The highest BCUT2D eigenvalue weighted by Gasteiger charge is 2.18. The predicted octanol–water partition coefficient (Wildman–Crippen LogP) is 2.93. The first-order valence-electron chi connectivity index (χ1n) is 10.7. The molecule has 0 spiro atoms. The Bertz CT molecular complexity index is 1280. The quantitative estimate of drug-likeness (QED) is 0.460. The zero-order valence-corrected chi connectivity index (χ0v) is 17.5. The van der Waals surface area contributed by atoms with Crippen LogP contribution in [0.5, 0.6) is 11.5 Å². The third-order valence-corrected chi connectivity index (χ3v) is 5.75. The Kier molecular flexibility index (Phi) is 5.34. The number of rotatable bonds is 4. The lowest BCUT2D eigenvalue weighted by Gasteiger charge is -2.18. The number of Topliss-reactive ketones (excluding diaryl/α,β-unsaturated/α-hetero) is 1. The minimum absolute atomic E-state index is 0.0828. The molecule has 8 heteroatoms. The summed E-state index contributed by atoms with van der Waals surface area (Å²) in [4.78, 5) is 42.5. The second-order valence-electron chi connectivity index (χ2n) is 7.89. The molecule has 32 heavy (non-hydrogen) atoms. The lowest BCUT2D eigenvalue weighted by molar-refractivity contribution is 0.0474. The van der Waals surface area contributed by atoms with Crippen LogP contribution in [0.4, 0.5) is 0 Å². The number of ether oxygens (including phenoxy) is 3. The summed E-state index contributed by atoms with van der Waals surface area (Å²) < 4.78 is 17.9. The zero-order chi connectivity index (χ0) is 22.1. The molecule has 0 bridgehead atoms. The molecule has 0 unspecified atom stereocenters. The van der Waals surface area contributed by atoms with Crippen molar-refractivity contribution < 1.29 is 23.8 Å². The summed E-state index contributed by atoms with van der Waals surface area (Å²) in [5.41, 5.74) is 1.01. The Morgan fingerprint density at radius 1 is 0.969 bits per heavy atom. The van der Waals surface area contributed by atoms with Crippen LogP contribution in [0.25, 0.3) is 10.9 Å². The van der Waals surface area contributed by atoms with Gasteiger partial charge in [0, 0.05) is 18.5 Å². The summed E-state index contributed by atoms with van der Waals surface area (Å²) in [5, 5.41) is 0.472. The van der Waals surface area contributed by atoms with Crippen molar-refractivity contribution in [1.29, 1.82) is 0 Å². The molecule has 0 aliphatic carbocycles. The van der Waals surface area contributed by atoms with Crippen LogP contribution in [0, 0.1) is 0 Å². The van der Waals surface area contributed by atoms with Crippen LogP contribution in [-0.4, -0.2) is 41.1 Å². The predicted molar refractivity (Wildman–Crippen MR) is 116 cm³/mol. The molecule has 0 fully saturated rings. The highest BCUT2D eigenvalue weighted by atomic mass is 16.6. The summed E-state index contributed by atoms with van der Waals surface area (Å²) >= 11 is 0. The molecular weight excluding hydrogens is 412 g/mol. The van der Waals surface area contributed by atoms with Crippen molar-refractivity contribution in [3.8, 4) is 11.5 Å². The second kappa shape index (κ2) is 8.45. The summed E-state index contributed by atoms with van der Waals surface area (Å²) in [5.74, 6) is 0.841. The third-order valence-electron chi connectivity index (χ3n) is 5.75. The number of esters is 1. The summed E-state index contributed by atoms with van der Waals surface area (Å²) in [6.45, 7) is 1.15. The number of aryl methyl sites for hydroxylation is 1. The Morgan fingerprint density at radius 2 is 1.78 bits per heavy atom. The van der Waals surface area contributed by atoms with E-state index in [4.69, 9.17) is 14.2 Å². The molecule has 0 saturated carbocycles. The average molecular weight is 434 g/mol. The van der Waals surface area contributed by atoms with Gasteiger partial charge in [0.05, 0.1) is 16.5 Å². The molecule has 2 aromatic carbocycles. The Labute approximate surface area is 183 Å². The van der Waals surface area contributed by atoms with E-state index in [2.05, 4.69) is 4.98 Å². The van der Waals surface area contributed by atoms with Crippen LogP contribution < -0.4 is 15.0 Å². The largest absolute Gasteiger partial charge is 0.486 e. The molecule has 0 radical (unpaired) electrons. The fourth-order valence-electron chi connectivity index (χ4n) is 4.06. The minimum atomic E-state index is -0.644. The van der Waals surface area contributed by atoms with E-state index in [9.17, 15) is 14.4 Å². The van der Waals surface area contributed by atoms with E-state index in [-0.39, 0.29) is 16.9 Å². The van der Waals surface area contributed by atoms with Gasteiger partial charge in [0.2, 0.25) is 0 Å². The van der Waals surface area contributed by atoms with E-state index in [0.717, 1.165) is 31.5 Å². The van der Waals surface area contributed by atoms with Gasteiger partial charge in [0.1, 0.15) is 19.0 Å². The molecule has 0 atom stereocenters. The van der Waals surface area contributed by atoms with Crippen molar-refractivity contribution in [3.63, 3.8) is 0 Å². The molecule has 2 aliphatic heterocycles. The van der Waals surface area contributed by atoms with Gasteiger partial charge in [-0.1, -0.05) is 6.42 Å². The molecule has 0 saturated heterocycles. The Hall–Kier alpha value is -3.68. The highest BCUT2D eigenvalue weighted by molar-refractivity contribution is 6.00. The van der Waals surface area contributed by atoms with Crippen molar-refractivity contribution in [2.45, 2.75) is 32.2 Å². The molecule has 5 rings (SSSR count). The van der Waals surface area contributed by atoms with Crippen LogP contribution in [0.3, 0.4) is 0 Å². The fraction of sp³-hybridized carbons (Fsp3) is 0.333. The van der Waals surface area contributed by atoms with Gasteiger partial charge in [0.15, 0.2) is 23.9 Å². The van der Waals surface area contributed by atoms with E-state index in [1.807, 2.05) is 0 Å². The molecule has 1 aromatic heterocycles. The van der Waals surface area contributed by atoms with Crippen molar-refractivity contribution in [2.24, 2.45) is 0 Å². The van der Waals surface area contributed by atoms with Crippen LogP contribution in [0.15, 0.2) is 41.2 Å². The molecule has 0 amide bonds. The van der Waals surface area contributed by atoms with E-state index in [1.165, 1.54) is 6.07 Å². The third kappa shape index (κ3) is 3.84. The van der Waals surface area contributed by atoms with E-state index in [1.54, 1.807) is 34.9 Å². The van der Waals surface area contributed by atoms with Gasteiger partial charge >= 0.3 is 5.97 Å². The van der Waals surface area contributed by atoms with Gasteiger partial charge in [-0.25, -0.2) is 9.78 Å². The maximum absolute atomic E-state index is 12.8. The summed E-state index contributed by atoms with van der Waals surface area (Å²) in [7, 11) is 0. The molecule has 164 valence electrons. The maximum atomic E-state index is 12.8. The first-order chi connectivity index (χ1) is 15.6. The van der Waals surface area contributed by atoms with Crippen molar-refractivity contribution in [2.75, 3.05) is 19.8 Å². The lowest BCUT2D eigenvalue weighted by atomic mass is 10.1. The number of carbonyl (C=O) groups is 2. The second-order valence-corrected chi connectivity index (χ2v) is 7.89. The Morgan fingerprint density at radius 3 is 2.66 bits per heavy atom. The number of fused-ring (bicyclic) bond motifs is 3. The van der Waals surface area contributed by atoms with Crippen LogP contribution >= 0.6 is 0 Å². The monoisotopic (exact) mass is 434 g/mol. The zero-order valence-electron chi connectivity index (χ0n) is 17.5. The number of hydrogen-bond acceptors (Lipinski definition) is 7. The van der Waals surface area contributed by atoms with Crippen LogP contribution in [0.1, 0.15) is 45.8 Å². The number of carbonyl (C=O) groups excluding carboxylic acids is 2. The van der Waals surface area contributed by atoms with Crippen molar-refractivity contribution in [3.05, 3.63) is 63.7 Å². The molecule has 0 N–H and O–H groups in total. The van der Waals surface area contributed by atoms with Crippen LogP contribution in [0.2, 0.25) is 0 Å². The van der Waals surface area contributed by atoms with Crippen molar-refractivity contribution in [1.82, 2.24) is 9.55 Å². The van der Waals surface area contributed by atoms with Gasteiger partial charge in [-0.3, -0.25) is 14.2 Å². The Balaban J connectivity index is 1.32. The highest BCUT2D eigenvalue weighted by Crippen LogP contribution is 2.30. The lowest BCUT2D eigenvalue weighted by Crippen LogP contribution is -2.24. The van der Waals surface area contributed by atoms with Gasteiger partial charge < -0.3 is 14.2 Å². The summed E-state index contributed by atoms with van der Waals surface area (Å²) in [6.07, 6.45) is 3.75. The van der Waals surface area contributed by atoms with Gasteiger partial charge in [0.25, 0.3) is 5.56 Å². The number of ketones is 1. The van der Waals surface area contributed by atoms with Crippen molar-refractivity contribution >= 4 is 22.7 Å². The topological polar surface area (TPSA) is 96.7 Å². The molecule has 2 aliphatic rings. The van der Waals surface area contributed by atoms with Crippen LogP contribution in [-0.2, 0) is 17.7 Å². The smallest absolute Gasteiger partial charge is 0.338 e. The SMILES string of the molecule is O=C(COC(=O)c1ccc2c(=O)n3c(nc2c1)CCCCC3)c1ccc2c(c1)OCCO2. The molecule has 8 nitrogen and oxygen atoms in total. The minimum Gasteiger partial charge on any atom is -0.486 e. The fourth-order valence-corrected chi connectivity index (χ4v) is 4.06. The average Bonchev–Trinajstić information content (AvgIpc) is 3.07. The number of aromatic nitrogens is 2. The summed E-state index contributed by atoms with van der Waals surface area (Å²) in [6, 6.07) is 9.56. The number of nitrogens with zero attached hydrogens (tertiary/aromatic N) is 2. The molecular formula is C24H22N2O6. The first kappa shape index (κ1) is 20.2. The first-order valence-corrected chi connectivity index (χ1v) is 10.7. The number of benzene rings is 2. The van der Waals surface area contributed by atoms with Gasteiger partial charge in [-0.15, -0.1) is 0 Å². The van der Waals surface area contributed by atoms with E-state index < -0.39 is 12.6 Å². The van der Waals surface area contributed by atoms with E-state index >= 15 is 0 Å². The van der Waals surface area contributed by atoms with E-state index in [0.29, 0.717) is 47.7 Å². The molecule has 3 aromatic rings. The maximum Gasteiger partial charge on any atom is 0.338 e. The standard InChI is InChI=1S/C24H22N2O6/c27-19(15-6-8-20-21(13-15)31-11-10-30-20)14-32-24(29)16-5-7-17-18(12-16)25-22-4-2-1-3-9-26(22)23(17)28/h5-8,12-13H,1-4,9-11,14H2. The normalized spacial score (nSPS) is 15.0.